The molecule has 0 aliphatic heterocycles. The van der Waals surface area contributed by atoms with E-state index in [-0.39, 0.29) is 16.8 Å². The van der Waals surface area contributed by atoms with Gasteiger partial charge in [0.15, 0.2) is 0 Å². The lowest BCUT2D eigenvalue weighted by Crippen LogP contribution is -2.28. The van der Waals surface area contributed by atoms with Gasteiger partial charge in [-0.05, 0) is 12.1 Å². The number of para-hydroxylation sites is 1. The van der Waals surface area contributed by atoms with Crippen molar-refractivity contribution in [1.29, 1.82) is 0 Å². The third-order valence-electron chi connectivity index (χ3n) is 2.21. The van der Waals surface area contributed by atoms with Crippen molar-refractivity contribution in [3.63, 3.8) is 0 Å². The van der Waals surface area contributed by atoms with Gasteiger partial charge in [-0.15, -0.1) is 0 Å². The molecule has 0 saturated carbocycles. The molecule has 0 fully saturated rings. The van der Waals surface area contributed by atoms with Crippen molar-refractivity contribution >= 4 is 17.7 Å². The summed E-state index contributed by atoms with van der Waals surface area (Å²) >= 11 is 1.76. The number of rotatable bonds is 6. The molecule has 4 heteroatoms. The van der Waals surface area contributed by atoms with E-state index in [1.807, 2.05) is 30.3 Å². The van der Waals surface area contributed by atoms with E-state index >= 15 is 0 Å². The molecule has 0 radical (unpaired) electrons. The van der Waals surface area contributed by atoms with E-state index in [1.54, 1.807) is 11.8 Å². The number of thioether (sulfide) groups is 1. The van der Waals surface area contributed by atoms with Gasteiger partial charge >= 0.3 is 5.97 Å². The number of ether oxygens (including phenoxy) is 2. The van der Waals surface area contributed by atoms with Gasteiger partial charge in [-0.3, -0.25) is 4.79 Å². The second-order valence-corrected chi connectivity index (χ2v) is 7.13. The summed E-state index contributed by atoms with van der Waals surface area (Å²) in [5, 5.41) is 0. The smallest absolute Gasteiger partial charge is 0.303 e. The number of benzene rings is 1. The normalized spacial score (nSPS) is 12.8. The highest BCUT2D eigenvalue weighted by Gasteiger charge is 2.18. The molecule has 0 amide bonds. The van der Waals surface area contributed by atoms with Crippen molar-refractivity contribution in [3.8, 4) is 5.75 Å². The van der Waals surface area contributed by atoms with Crippen LogP contribution in [0.1, 0.15) is 27.7 Å². The average Bonchev–Trinajstić information content (AvgIpc) is 2.32. The molecule has 0 N–H and O–H groups in total. The van der Waals surface area contributed by atoms with Crippen molar-refractivity contribution in [3.05, 3.63) is 30.3 Å². The maximum atomic E-state index is 11.1. The molecule has 0 saturated heterocycles. The van der Waals surface area contributed by atoms with Crippen LogP contribution in [0.4, 0.5) is 0 Å². The molecule has 0 heterocycles. The summed E-state index contributed by atoms with van der Waals surface area (Å²) in [5.74, 6) is 1.26. The topological polar surface area (TPSA) is 35.5 Å². The van der Waals surface area contributed by atoms with E-state index in [4.69, 9.17) is 9.47 Å². The minimum absolute atomic E-state index is 0.144. The monoisotopic (exact) mass is 282 g/mol. The van der Waals surface area contributed by atoms with Crippen molar-refractivity contribution < 1.29 is 14.3 Å². The quantitative estimate of drug-likeness (QED) is 0.748. The van der Waals surface area contributed by atoms with E-state index in [0.29, 0.717) is 6.61 Å². The zero-order chi connectivity index (χ0) is 14.3. The highest BCUT2D eigenvalue weighted by Crippen LogP contribution is 2.24. The van der Waals surface area contributed by atoms with Gasteiger partial charge in [0.25, 0.3) is 0 Å². The highest BCUT2D eigenvalue weighted by atomic mass is 32.2. The number of hydrogen-bond donors (Lipinski definition) is 0. The van der Waals surface area contributed by atoms with Crippen molar-refractivity contribution in [2.75, 3.05) is 12.4 Å². The van der Waals surface area contributed by atoms with Crippen LogP contribution in [0.5, 0.6) is 5.75 Å². The zero-order valence-corrected chi connectivity index (χ0v) is 12.8. The molecule has 0 spiro atoms. The molecule has 1 unspecified atom stereocenters. The maximum Gasteiger partial charge on any atom is 0.303 e. The van der Waals surface area contributed by atoms with E-state index in [2.05, 4.69) is 20.8 Å². The first-order valence-electron chi connectivity index (χ1n) is 6.36. The molecule has 0 bridgehead atoms. The number of carbonyl (C=O) groups excluding carboxylic acids is 1. The van der Waals surface area contributed by atoms with Gasteiger partial charge in [0.2, 0.25) is 0 Å². The first kappa shape index (κ1) is 15.9. The van der Waals surface area contributed by atoms with Gasteiger partial charge < -0.3 is 9.47 Å². The second kappa shape index (κ2) is 7.43. The van der Waals surface area contributed by atoms with Crippen LogP contribution in [0.2, 0.25) is 0 Å². The molecular formula is C15H22O3S. The van der Waals surface area contributed by atoms with Crippen LogP contribution in [-0.2, 0) is 9.53 Å². The summed E-state index contributed by atoms with van der Waals surface area (Å²) in [6.45, 7) is 8.23. The van der Waals surface area contributed by atoms with Crippen molar-refractivity contribution in [2.24, 2.45) is 0 Å². The first-order valence-corrected chi connectivity index (χ1v) is 7.34. The summed E-state index contributed by atoms with van der Waals surface area (Å²) in [5.41, 5.74) is 0. The van der Waals surface area contributed by atoms with Crippen LogP contribution >= 0.6 is 11.8 Å². The summed E-state index contributed by atoms with van der Waals surface area (Å²) in [6.07, 6.45) is -0.220. The predicted octanol–water partition coefficient (Wildman–Crippen LogP) is 3.53. The SMILES string of the molecule is CC(=O)OC(COc1ccccc1)CSC(C)(C)C. The predicted molar refractivity (Wildman–Crippen MR) is 79.7 cm³/mol. The molecular weight excluding hydrogens is 260 g/mol. The molecule has 0 aliphatic carbocycles. The Hall–Kier alpha value is -1.16. The minimum atomic E-state index is -0.267. The molecule has 0 aromatic heterocycles. The highest BCUT2D eigenvalue weighted by molar-refractivity contribution is 8.00. The molecule has 1 rings (SSSR count). The fraction of sp³-hybridized carbons (Fsp3) is 0.533. The van der Waals surface area contributed by atoms with Crippen LogP contribution in [0, 0.1) is 0 Å². The Morgan fingerprint density at radius 2 is 1.89 bits per heavy atom. The summed E-state index contributed by atoms with van der Waals surface area (Å²) in [4.78, 5) is 11.1. The summed E-state index contributed by atoms with van der Waals surface area (Å²) in [7, 11) is 0. The van der Waals surface area contributed by atoms with E-state index in [1.165, 1.54) is 6.92 Å². The summed E-state index contributed by atoms with van der Waals surface area (Å²) in [6, 6.07) is 9.55. The largest absolute Gasteiger partial charge is 0.490 e. The molecule has 106 valence electrons. The van der Waals surface area contributed by atoms with Crippen molar-refractivity contribution in [2.45, 2.75) is 38.5 Å². The van der Waals surface area contributed by atoms with Gasteiger partial charge in [-0.2, -0.15) is 11.8 Å². The van der Waals surface area contributed by atoms with Crippen LogP contribution < -0.4 is 4.74 Å². The molecule has 3 nitrogen and oxygen atoms in total. The fourth-order valence-electron chi connectivity index (χ4n) is 1.40. The Morgan fingerprint density at radius 3 is 2.42 bits per heavy atom. The second-order valence-electron chi connectivity index (χ2n) is 5.28. The Morgan fingerprint density at radius 1 is 1.26 bits per heavy atom. The van der Waals surface area contributed by atoms with E-state index in [9.17, 15) is 4.79 Å². The number of hydrogen-bond acceptors (Lipinski definition) is 4. The van der Waals surface area contributed by atoms with Crippen LogP contribution in [0.25, 0.3) is 0 Å². The Balaban J connectivity index is 2.47. The van der Waals surface area contributed by atoms with Crippen molar-refractivity contribution in [1.82, 2.24) is 0 Å². The third kappa shape index (κ3) is 7.78. The third-order valence-corrected chi connectivity index (χ3v) is 3.62. The molecule has 1 atom stereocenters. The summed E-state index contributed by atoms with van der Waals surface area (Å²) < 4.78 is 11.1. The average molecular weight is 282 g/mol. The lowest BCUT2D eigenvalue weighted by molar-refractivity contribution is -0.146. The fourth-order valence-corrected chi connectivity index (χ4v) is 2.25. The van der Waals surface area contributed by atoms with E-state index in [0.717, 1.165) is 11.5 Å². The molecule has 0 aliphatic rings. The Kier molecular flexibility index (Phi) is 6.22. The maximum absolute atomic E-state index is 11.1. The molecule has 19 heavy (non-hydrogen) atoms. The zero-order valence-electron chi connectivity index (χ0n) is 12.0. The minimum Gasteiger partial charge on any atom is -0.490 e. The number of esters is 1. The van der Waals surface area contributed by atoms with Gasteiger partial charge in [0.05, 0.1) is 0 Å². The standard InChI is InChI=1S/C15H22O3S/c1-12(16)18-14(11-19-15(2,3)4)10-17-13-8-6-5-7-9-13/h5-9,14H,10-11H2,1-4H3. The van der Waals surface area contributed by atoms with Crippen LogP contribution in [-0.4, -0.2) is 29.2 Å². The molecule has 1 aromatic carbocycles. The van der Waals surface area contributed by atoms with Gasteiger partial charge in [0.1, 0.15) is 18.5 Å². The lowest BCUT2D eigenvalue weighted by Gasteiger charge is -2.23. The molecule has 1 aromatic rings. The Bertz CT molecular complexity index is 384. The lowest BCUT2D eigenvalue weighted by atomic mass is 10.3. The van der Waals surface area contributed by atoms with E-state index < -0.39 is 0 Å². The Labute approximate surface area is 119 Å². The first-order chi connectivity index (χ1) is 8.87. The number of carbonyl (C=O) groups is 1. The van der Waals surface area contributed by atoms with Gasteiger partial charge in [-0.25, -0.2) is 0 Å². The van der Waals surface area contributed by atoms with Gasteiger partial charge in [-0.1, -0.05) is 39.0 Å². The van der Waals surface area contributed by atoms with Crippen LogP contribution in [0.15, 0.2) is 30.3 Å². The van der Waals surface area contributed by atoms with Gasteiger partial charge in [0, 0.05) is 17.4 Å². The van der Waals surface area contributed by atoms with Crippen LogP contribution in [0.3, 0.4) is 0 Å².